The van der Waals surface area contributed by atoms with E-state index in [1.54, 1.807) is 12.1 Å². The lowest BCUT2D eigenvalue weighted by atomic mass is 9.95. The smallest absolute Gasteiger partial charge is 0.338 e. The van der Waals surface area contributed by atoms with Gasteiger partial charge in [0.1, 0.15) is 18.0 Å². The van der Waals surface area contributed by atoms with Crippen molar-refractivity contribution >= 4 is 34.2 Å². The molecular formula is C41H62O7Si2. The van der Waals surface area contributed by atoms with Gasteiger partial charge in [-0.2, -0.15) is 0 Å². The van der Waals surface area contributed by atoms with Gasteiger partial charge in [-0.25, -0.2) is 9.59 Å². The lowest BCUT2D eigenvalue weighted by Gasteiger charge is -2.25. The van der Waals surface area contributed by atoms with Gasteiger partial charge in [0, 0.05) is 16.1 Å². The zero-order valence-corrected chi connectivity index (χ0v) is 34.6. The van der Waals surface area contributed by atoms with E-state index in [-0.39, 0.29) is 11.9 Å². The van der Waals surface area contributed by atoms with Crippen LogP contribution in [0.1, 0.15) is 72.9 Å². The molecule has 0 radical (unpaired) electrons. The minimum absolute atomic E-state index is 0.272. The Morgan fingerprint density at radius 3 is 2.14 bits per heavy atom. The van der Waals surface area contributed by atoms with Crippen LogP contribution in [-0.2, 0) is 18.9 Å². The van der Waals surface area contributed by atoms with Gasteiger partial charge in [0.15, 0.2) is 5.79 Å². The van der Waals surface area contributed by atoms with Crippen LogP contribution in [0, 0.1) is 18.8 Å². The quantitative estimate of drug-likeness (QED) is 0.0913. The number of ether oxygens (including phenoxy) is 5. The molecule has 0 spiro atoms. The lowest BCUT2D eigenvalue weighted by molar-refractivity contribution is -0.152. The third-order valence-corrected chi connectivity index (χ3v) is 12.3. The Balaban J connectivity index is 1.92. The molecule has 0 bridgehead atoms. The van der Waals surface area contributed by atoms with Gasteiger partial charge in [-0.3, -0.25) is 0 Å². The van der Waals surface area contributed by atoms with Crippen LogP contribution in [0.15, 0.2) is 60.7 Å². The second-order valence-corrected chi connectivity index (χ2v) is 28.1. The summed E-state index contributed by atoms with van der Waals surface area (Å²) < 4.78 is 31.0. The van der Waals surface area contributed by atoms with E-state index in [9.17, 15) is 9.59 Å². The molecule has 0 aliphatic carbocycles. The van der Waals surface area contributed by atoms with Gasteiger partial charge in [-0.15, -0.1) is 0 Å². The molecule has 3 rings (SSSR count). The molecule has 7 nitrogen and oxygen atoms in total. The minimum Gasteiger partial charge on any atom is -0.494 e. The summed E-state index contributed by atoms with van der Waals surface area (Å²) in [6.07, 6.45) is 6.79. The Bertz CT molecular complexity index is 1470. The van der Waals surface area contributed by atoms with Gasteiger partial charge in [0.2, 0.25) is 0 Å². The first-order valence-corrected chi connectivity index (χ1v) is 25.6. The maximum Gasteiger partial charge on any atom is 0.338 e. The molecule has 1 saturated heterocycles. The first-order chi connectivity index (χ1) is 23.2. The molecule has 4 atom stereocenters. The second kappa shape index (κ2) is 18.0. The fraction of sp³-hybridized carbons (Fsp3) is 0.561. The summed E-state index contributed by atoms with van der Waals surface area (Å²) in [5.74, 6) is -0.207. The van der Waals surface area contributed by atoms with Crippen molar-refractivity contribution in [2.45, 2.75) is 123 Å². The van der Waals surface area contributed by atoms with E-state index in [0.717, 1.165) is 29.0 Å². The molecule has 9 heteroatoms. The molecule has 2 aromatic carbocycles. The minimum atomic E-state index is -1.37. The van der Waals surface area contributed by atoms with Crippen LogP contribution >= 0.6 is 0 Å². The predicted octanol–water partition coefficient (Wildman–Crippen LogP) is 10.2. The Hall–Kier alpha value is -2.99. The van der Waals surface area contributed by atoms with Crippen LogP contribution in [0.5, 0.6) is 5.75 Å². The molecule has 1 heterocycles. The maximum atomic E-state index is 13.5. The van der Waals surface area contributed by atoms with Crippen molar-refractivity contribution in [3.05, 3.63) is 82.9 Å². The van der Waals surface area contributed by atoms with E-state index in [1.807, 2.05) is 69.3 Å². The lowest BCUT2D eigenvalue weighted by Crippen LogP contribution is -2.37. The molecular weight excluding hydrogens is 661 g/mol. The maximum absolute atomic E-state index is 13.5. The third-order valence-electron chi connectivity index (χ3n) is 8.87. The summed E-state index contributed by atoms with van der Waals surface area (Å²) in [7, 11) is -2.65. The fourth-order valence-corrected chi connectivity index (χ4v) is 6.84. The Kier molecular flexibility index (Phi) is 14.9. The van der Waals surface area contributed by atoms with E-state index in [1.165, 1.54) is 0 Å². The Labute approximate surface area is 303 Å². The van der Waals surface area contributed by atoms with Crippen LogP contribution < -0.4 is 4.74 Å². The van der Waals surface area contributed by atoms with Gasteiger partial charge < -0.3 is 23.7 Å². The largest absolute Gasteiger partial charge is 0.494 e. The molecule has 1 fully saturated rings. The van der Waals surface area contributed by atoms with Crippen LogP contribution in [0.4, 0.5) is 0 Å². The van der Waals surface area contributed by atoms with Crippen molar-refractivity contribution in [1.82, 2.24) is 0 Å². The first-order valence-electron chi connectivity index (χ1n) is 18.2. The van der Waals surface area contributed by atoms with Crippen LogP contribution in [0.2, 0.25) is 51.4 Å². The van der Waals surface area contributed by atoms with E-state index in [2.05, 4.69) is 66.1 Å². The predicted molar refractivity (Wildman–Crippen MR) is 210 cm³/mol. The van der Waals surface area contributed by atoms with E-state index in [0.29, 0.717) is 36.7 Å². The monoisotopic (exact) mass is 722 g/mol. The van der Waals surface area contributed by atoms with Crippen LogP contribution in [0.25, 0.3) is 6.08 Å². The Morgan fingerprint density at radius 1 is 0.880 bits per heavy atom. The van der Waals surface area contributed by atoms with Crippen molar-refractivity contribution in [2.75, 3.05) is 13.2 Å². The second-order valence-electron chi connectivity index (χ2n) is 16.8. The zero-order chi connectivity index (χ0) is 37.3. The normalized spacial score (nSPS) is 19.2. The highest BCUT2D eigenvalue weighted by molar-refractivity contribution is 6.76. The van der Waals surface area contributed by atoms with Gasteiger partial charge in [-0.05, 0) is 92.6 Å². The molecule has 50 heavy (non-hydrogen) atoms. The number of esters is 2. The number of benzene rings is 2. The van der Waals surface area contributed by atoms with Crippen molar-refractivity contribution in [3.8, 4) is 5.75 Å². The molecule has 0 aromatic heterocycles. The third kappa shape index (κ3) is 13.6. The highest BCUT2D eigenvalue weighted by Crippen LogP contribution is 2.35. The number of hydrogen-bond donors (Lipinski definition) is 0. The molecule has 0 saturated carbocycles. The number of allylic oxidation sites excluding steroid dienone is 1. The summed E-state index contributed by atoms with van der Waals surface area (Å²) in [6.45, 7) is 27.0. The summed E-state index contributed by atoms with van der Waals surface area (Å²) in [6, 6.07) is 14.8. The average Bonchev–Trinajstić information content (AvgIpc) is 3.31. The van der Waals surface area contributed by atoms with E-state index < -0.39 is 46.2 Å². The number of carbonyl (C=O) groups is 2. The van der Waals surface area contributed by atoms with Gasteiger partial charge in [-0.1, -0.05) is 96.5 Å². The number of carbonyl (C=O) groups excluding carboxylic acids is 2. The van der Waals surface area contributed by atoms with Gasteiger partial charge in [0.05, 0.1) is 30.4 Å². The SMILES string of the molecule is Cc1cc(OCC[Si](C)(C)C)cc(/C=C/C[C@@H]2OC(C)(C)O[C@@H]2C(/C=C\[C@@H](C)C(C)C)OC(=O)c2ccccc2)c1C(=O)OCC[Si](C)(C)C. The van der Waals surface area contributed by atoms with Crippen molar-refractivity contribution in [2.24, 2.45) is 11.8 Å². The molecule has 1 aliphatic rings. The fourth-order valence-electron chi connectivity index (χ4n) is 5.41. The topological polar surface area (TPSA) is 80.3 Å². The molecule has 276 valence electrons. The van der Waals surface area contributed by atoms with Crippen LogP contribution in [0.3, 0.4) is 0 Å². The van der Waals surface area contributed by atoms with Gasteiger partial charge >= 0.3 is 11.9 Å². The van der Waals surface area contributed by atoms with E-state index in [4.69, 9.17) is 23.7 Å². The molecule has 1 aliphatic heterocycles. The van der Waals surface area contributed by atoms with Crippen molar-refractivity contribution < 1.29 is 33.3 Å². The highest BCUT2D eigenvalue weighted by Gasteiger charge is 2.45. The number of aryl methyl sites for hydroxylation is 1. The number of rotatable bonds is 17. The van der Waals surface area contributed by atoms with Gasteiger partial charge in [0.25, 0.3) is 0 Å². The summed E-state index contributed by atoms with van der Waals surface area (Å²) in [5, 5.41) is 0. The molecule has 1 unspecified atom stereocenters. The summed E-state index contributed by atoms with van der Waals surface area (Å²) in [5.41, 5.74) is 2.56. The van der Waals surface area contributed by atoms with Crippen molar-refractivity contribution in [3.63, 3.8) is 0 Å². The first kappa shape index (κ1) is 41.4. The molecule has 0 N–H and O–H groups in total. The average molecular weight is 723 g/mol. The zero-order valence-electron chi connectivity index (χ0n) is 32.6. The Morgan fingerprint density at radius 2 is 1.52 bits per heavy atom. The highest BCUT2D eigenvalue weighted by atomic mass is 28.3. The molecule has 2 aromatic rings. The summed E-state index contributed by atoms with van der Waals surface area (Å²) >= 11 is 0. The van der Waals surface area contributed by atoms with Crippen LogP contribution in [-0.4, -0.2) is 65.4 Å². The number of hydrogen-bond acceptors (Lipinski definition) is 7. The standard InChI is InChI=1S/C41H62O7Si2/c1-29(2)30(3)21-22-35(46-39(42)32-17-14-13-15-18-32)38-36(47-41(5,6)48-38)20-16-19-33-28-34(44-23-25-49(7,8)9)27-31(4)37(33)40(43)45-24-26-50(10,11)12/h13-19,21-22,27-30,35-36,38H,20,23-26H2,1-12H3/b19-16+,22-21-/t30-,35?,36+,38-/m1/s1. The molecule has 0 amide bonds. The summed E-state index contributed by atoms with van der Waals surface area (Å²) in [4.78, 5) is 26.8. The van der Waals surface area contributed by atoms with E-state index >= 15 is 0 Å². The van der Waals surface area contributed by atoms with Crippen molar-refractivity contribution in [1.29, 1.82) is 0 Å².